The molecule has 0 radical (unpaired) electrons. The number of halogens is 1. The van der Waals surface area contributed by atoms with E-state index in [1.165, 1.54) is 6.42 Å². The number of aryl methyl sites for hydroxylation is 1. The van der Waals surface area contributed by atoms with Crippen molar-refractivity contribution in [3.05, 3.63) is 82.5 Å². The Morgan fingerprint density at radius 2 is 1.91 bits per heavy atom. The van der Waals surface area contributed by atoms with Gasteiger partial charge in [0, 0.05) is 29.2 Å². The number of nitrogens with one attached hydrogen (secondary N) is 1. The van der Waals surface area contributed by atoms with Crippen LogP contribution in [0.3, 0.4) is 0 Å². The Kier molecular flexibility index (Phi) is 5.49. The summed E-state index contributed by atoms with van der Waals surface area (Å²) in [5, 5.41) is 12.2. The number of carbonyl (C=O) groups is 1. The van der Waals surface area contributed by atoms with Gasteiger partial charge in [0.15, 0.2) is 0 Å². The lowest BCUT2D eigenvalue weighted by atomic mass is 9.85. The SMILES string of the molecule is Cc1nn(-c2ccc(-c3noc(C4CCC4)n3)cc2)cc1C(=O)NCc1ccc(Cl)cc1. The minimum absolute atomic E-state index is 0.171. The summed E-state index contributed by atoms with van der Waals surface area (Å²) in [6.45, 7) is 2.24. The van der Waals surface area contributed by atoms with Gasteiger partial charge in [-0.3, -0.25) is 4.79 Å². The highest BCUT2D eigenvalue weighted by molar-refractivity contribution is 6.30. The fourth-order valence-electron chi connectivity index (χ4n) is 3.63. The molecule has 32 heavy (non-hydrogen) atoms. The molecule has 5 rings (SSSR count). The second-order valence-corrected chi connectivity index (χ2v) is 8.45. The van der Waals surface area contributed by atoms with Gasteiger partial charge in [-0.25, -0.2) is 4.68 Å². The molecule has 1 amide bonds. The minimum Gasteiger partial charge on any atom is -0.348 e. The first kappa shape index (κ1) is 20.5. The Hall–Kier alpha value is -3.45. The summed E-state index contributed by atoms with van der Waals surface area (Å²) in [5.41, 5.74) is 3.90. The molecule has 0 unspecified atom stereocenters. The lowest BCUT2D eigenvalue weighted by Crippen LogP contribution is -2.23. The standard InChI is InChI=1S/C24H22ClN5O2/c1-15-21(23(31)26-13-16-5-9-19(25)10-6-16)14-30(28-15)20-11-7-17(8-12-20)22-27-24(32-29-22)18-3-2-4-18/h5-12,14,18H,2-4,13H2,1H3,(H,26,31). The number of benzene rings is 2. The van der Waals surface area contributed by atoms with E-state index in [2.05, 4.69) is 20.6 Å². The van der Waals surface area contributed by atoms with Crippen molar-refractivity contribution < 1.29 is 9.32 Å². The van der Waals surface area contributed by atoms with Crippen LogP contribution in [0.4, 0.5) is 0 Å². The highest BCUT2D eigenvalue weighted by Gasteiger charge is 2.25. The maximum Gasteiger partial charge on any atom is 0.255 e. The van der Waals surface area contributed by atoms with Crippen LogP contribution in [-0.4, -0.2) is 25.8 Å². The van der Waals surface area contributed by atoms with Gasteiger partial charge in [-0.2, -0.15) is 10.1 Å². The van der Waals surface area contributed by atoms with Crippen molar-refractivity contribution >= 4 is 17.5 Å². The minimum atomic E-state index is -0.171. The zero-order chi connectivity index (χ0) is 22.1. The van der Waals surface area contributed by atoms with E-state index in [0.717, 1.165) is 35.5 Å². The Morgan fingerprint density at radius 3 is 2.59 bits per heavy atom. The van der Waals surface area contributed by atoms with Gasteiger partial charge in [-0.05, 0) is 61.7 Å². The third kappa shape index (κ3) is 4.16. The average molecular weight is 448 g/mol. The Morgan fingerprint density at radius 1 is 1.16 bits per heavy atom. The maximum atomic E-state index is 12.7. The van der Waals surface area contributed by atoms with Crippen LogP contribution in [-0.2, 0) is 6.54 Å². The summed E-state index contributed by atoms with van der Waals surface area (Å²) in [4.78, 5) is 17.2. The third-order valence-electron chi connectivity index (χ3n) is 5.80. The Balaban J connectivity index is 1.28. The molecule has 0 aliphatic heterocycles. The summed E-state index contributed by atoms with van der Waals surface area (Å²) in [6.07, 6.45) is 5.20. The van der Waals surface area contributed by atoms with E-state index in [1.807, 2.05) is 43.3 Å². The van der Waals surface area contributed by atoms with Crippen molar-refractivity contribution in [1.82, 2.24) is 25.2 Å². The number of nitrogens with zero attached hydrogens (tertiary/aromatic N) is 4. The quantitative estimate of drug-likeness (QED) is 0.445. The molecule has 1 aliphatic carbocycles. The first-order valence-corrected chi connectivity index (χ1v) is 11.0. The topological polar surface area (TPSA) is 85.8 Å². The highest BCUT2D eigenvalue weighted by atomic mass is 35.5. The second kappa shape index (κ2) is 8.59. The molecule has 2 aromatic heterocycles. The molecule has 1 aliphatic rings. The lowest BCUT2D eigenvalue weighted by molar-refractivity contribution is 0.0950. The molecule has 4 aromatic rings. The monoisotopic (exact) mass is 447 g/mol. The van der Waals surface area contributed by atoms with Crippen molar-refractivity contribution in [3.8, 4) is 17.1 Å². The van der Waals surface area contributed by atoms with E-state index in [1.54, 1.807) is 23.0 Å². The number of carbonyl (C=O) groups excluding carboxylic acids is 1. The van der Waals surface area contributed by atoms with E-state index in [0.29, 0.717) is 34.6 Å². The summed E-state index contributed by atoms with van der Waals surface area (Å²) < 4.78 is 7.12. The zero-order valence-electron chi connectivity index (χ0n) is 17.6. The molecule has 1 N–H and O–H groups in total. The van der Waals surface area contributed by atoms with E-state index >= 15 is 0 Å². The zero-order valence-corrected chi connectivity index (χ0v) is 18.3. The van der Waals surface area contributed by atoms with Crippen LogP contribution < -0.4 is 5.32 Å². The molecule has 0 bridgehead atoms. The van der Waals surface area contributed by atoms with Gasteiger partial charge < -0.3 is 9.84 Å². The summed E-state index contributed by atoms with van der Waals surface area (Å²) >= 11 is 5.91. The van der Waals surface area contributed by atoms with Gasteiger partial charge in [0.1, 0.15) is 0 Å². The van der Waals surface area contributed by atoms with Crippen molar-refractivity contribution in [3.63, 3.8) is 0 Å². The van der Waals surface area contributed by atoms with E-state index < -0.39 is 0 Å². The molecular weight excluding hydrogens is 426 g/mol. The van der Waals surface area contributed by atoms with Crippen LogP contribution in [0.5, 0.6) is 0 Å². The molecule has 2 heterocycles. The van der Waals surface area contributed by atoms with Crippen LogP contribution in [0, 0.1) is 6.92 Å². The number of hydrogen-bond acceptors (Lipinski definition) is 5. The molecule has 7 nitrogen and oxygen atoms in total. The molecule has 0 atom stereocenters. The fourth-order valence-corrected chi connectivity index (χ4v) is 3.76. The summed E-state index contributed by atoms with van der Waals surface area (Å²) in [5.74, 6) is 1.56. The van der Waals surface area contributed by atoms with Crippen LogP contribution in [0.2, 0.25) is 5.02 Å². The number of rotatable bonds is 6. The normalized spacial score (nSPS) is 13.7. The van der Waals surface area contributed by atoms with Gasteiger partial charge in [-0.1, -0.05) is 35.3 Å². The predicted molar refractivity (Wildman–Crippen MR) is 121 cm³/mol. The van der Waals surface area contributed by atoms with Gasteiger partial charge in [0.25, 0.3) is 5.91 Å². The predicted octanol–water partition coefficient (Wildman–Crippen LogP) is 5.08. The maximum absolute atomic E-state index is 12.7. The van der Waals surface area contributed by atoms with Crippen molar-refractivity contribution in [2.45, 2.75) is 38.6 Å². The van der Waals surface area contributed by atoms with Gasteiger partial charge >= 0.3 is 0 Å². The molecule has 162 valence electrons. The number of hydrogen-bond donors (Lipinski definition) is 1. The van der Waals surface area contributed by atoms with Gasteiger partial charge in [0.2, 0.25) is 11.7 Å². The summed E-state index contributed by atoms with van der Waals surface area (Å²) in [6, 6.07) is 15.1. The lowest BCUT2D eigenvalue weighted by Gasteiger charge is -2.20. The van der Waals surface area contributed by atoms with Crippen LogP contribution in [0.25, 0.3) is 17.1 Å². The second-order valence-electron chi connectivity index (χ2n) is 8.01. The summed E-state index contributed by atoms with van der Waals surface area (Å²) in [7, 11) is 0. The van der Waals surface area contributed by atoms with Crippen LogP contribution >= 0.6 is 11.6 Å². The fraction of sp³-hybridized carbons (Fsp3) is 0.250. The molecule has 2 aromatic carbocycles. The average Bonchev–Trinajstić information content (AvgIpc) is 3.39. The van der Waals surface area contributed by atoms with Crippen LogP contribution in [0.1, 0.15) is 52.7 Å². The van der Waals surface area contributed by atoms with E-state index in [9.17, 15) is 4.79 Å². The molecule has 0 spiro atoms. The third-order valence-corrected chi connectivity index (χ3v) is 6.05. The van der Waals surface area contributed by atoms with Gasteiger partial charge in [0.05, 0.1) is 16.9 Å². The number of aromatic nitrogens is 4. The highest BCUT2D eigenvalue weighted by Crippen LogP contribution is 2.36. The van der Waals surface area contributed by atoms with E-state index in [-0.39, 0.29) is 5.91 Å². The Labute approximate surface area is 190 Å². The molecule has 1 saturated carbocycles. The first-order chi connectivity index (χ1) is 15.6. The molecule has 8 heteroatoms. The Bertz CT molecular complexity index is 1240. The molecular formula is C24H22ClN5O2. The molecule has 1 fully saturated rings. The first-order valence-electron chi connectivity index (χ1n) is 10.6. The van der Waals surface area contributed by atoms with E-state index in [4.69, 9.17) is 16.1 Å². The van der Waals surface area contributed by atoms with Crippen molar-refractivity contribution in [2.24, 2.45) is 0 Å². The van der Waals surface area contributed by atoms with Gasteiger partial charge in [-0.15, -0.1) is 0 Å². The van der Waals surface area contributed by atoms with Crippen LogP contribution in [0.15, 0.2) is 59.3 Å². The largest absolute Gasteiger partial charge is 0.348 e. The van der Waals surface area contributed by atoms with Crippen molar-refractivity contribution in [2.75, 3.05) is 0 Å². The smallest absolute Gasteiger partial charge is 0.255 e. The molecule has 0 saturated heterocycles. The number of amides is 1. The van der Waals surface area contributed by atoms with Crippen molar-refractivity contribution in [1.29, 1.82) is 0 Å².